The van der Waals surface area contributed by atoms with Crippen molar-refractivity contribution in [2.45, 2.75) is 181 Å². The highest BCUT2D eigenvalue weighted by atomic mass is 16.5. The van der Waals surface area contributed by atoms with Gasteiger partial charge in [0.25, 0.3) is 0 Å². The topological polar surface area (TPSA) is 93.1 Å². The highest BCUT2D eigenvalue weighted by molar-refractivity contribution is 5.69. The largest absolute Gasteiger partial charge is 0.466 e. The molecule has 0 heterocycles. The Kier molecular flexibility index (Phi) is 38.8. The molecule has 0 aliphatic heterocycles. The van der Waals surface area contributed by atoms with Crippen LogP contribution in [-0.4, -0.2) is 48.6 Å². The second-order valence-electron chi connectivity index (χ2n) is 11.2. The van der Waals surface area contributed by atoms with Gasteiger partial charge >= 0.3 is 11.9 Å². The average Bonchev–Trinajstić information content (AvgIpc) is 2.96. The predicted molar refractivity (Wildman–Crippen MR) is 167 cm³/mol. The minimum Gasteiger partial charge on any atom is -0.466 e. The van der Waals surface area contributed by atoms with Crippen molar-refractivity contribution in [2.75, 3.05) is 26.4 Å². The fraction of sp³-hybridized carbons (Fsp3) is 0.941. The second kappa shape index (κ2) is 37.9. The van der Waals surface area contributed by atoms with Gasteiger partial charge in [0, 0.05) is 12.8 Å². The standard InChI is InChI=1S/C32H62O4.C2H6O2/c1-3-5-7-9-11-13-15-17-19-21-23-27-31(33)35-29-25-26-30-36-32(34)28-24-22-20-18-16-14-12-10-8-6-4-2;3-1-2-4/h3-30H2,1-2H3;3-4H,1-2H2. The average molecular weight is 573 g/mol. The minimum absolute atomic E-state index is 0.0839. The third-order valence-electron chi connectivity index (χ3n) is 7.13. The molecule has 0 saturated carbocycles. The molecule has 0 aromatic carbocycles. The van der Waals surface area contributed by atoms with Gasteiger partial charge in [0.15, 0.2) is 0 Å². The van der Waals surface area contributed by atoms with Crippen LogP contribution < -0.4 is 0 Å². The zero-order valence-electron chi connectivity index (χ0n) is 26.7. The van der Waals surface area contributed by atoms with Crippen LogP contribution in [0.4, 0.5) is 0 Å². The van der Waals surface area contributed by atoms with Gasteiger partial charge in [-0.1, -0.05) is 142 Å². The van der Waals surface area contributed by atoms with E-state index in [0.717, 1.165) is 38.5 Å². The first-order chi connectivity index (χ1) is 19.6. The molecule has 0 fully saturated rings. The minimum atomic E-state index is -0.125. The van der Waals surface area contributed by atoms with E-state index < -0.39 is 0 Å². The number of esters is 2. The van der Waals surface area contributed by atoms with Crippen LogP contribution in [0.3, 0.4) is 0 Å². The van der Waals surface area contributed by atoms with Crippen molar-refractivity contribution in [3.63, 3.8) is 0 Å². The molecule has 6 heteroatoms. The zero-order chi connectivity index (χ0) is 29.8. The van der Waals surface area contributed by atoms with Gasteiger partial charge in [-0.3, -0.25) is 9.59 Å². The summed E-state index contributed by atoms with van der Waals surface area (Å²) < 4.78 is 10.6. The normalized spacial score (nSPS) is 10.7. The predicted octanol–water partition coefficient (Wildman–Crippen LogP) is 9.23. The summed E-state index contributed by atoms with van der Waals surface area (Å²) in [5, 5.41) is 15.2. The lowest BCUT2D eigenvalue weighted by atomic mass is 10.1. The molecular formula is C34H68O6. The van der Waals surface area contributed by atoms with Gasteiger partial charge in [0.2, 0.25) is 0 Å². The number of hydrogen-bond donors (Lipinski definition) is 2. The summed E-state index contributed by atoms with van der Waals surface area (Å²) in [7, 11) is 0. The molecule has 0 aliphatic rings. The molecule has 0 radical (unpaired) electrons. The summed E-state index contributed by atoms with van der Waals surface area (Å²) in [5.41, 5.74) is 0. The molecule has 0 aromatic rings. The smallest absolute Gasteiger partial charge is 0.305 e. The van der Waals surface area contributed by atoms with E-state index in [1.54, 1.807) is 0 Å². The highest BCUT2D eigenvalue weighted by Crippen LogP contribution is 2.13. The third kappa shape index (κ3) is 39.0. The lowest BCUT2D eigenvalue weighted by Gasteiger charge is -2.07. The van der Waals surface area contributed by atoms with Gasteiger partial charge in [0.05, 0.1) is 26.4 Å². The number of carbonyl (C=O) groups is 2. The molecule has 0 saturated heterocycles. The van der Waals surface area contributed by atoms with Gasteiger partial charge < -0.3 is 19.7 Å². The van der Waals surface area contributed by atoms with Gasteiger partial charge in [-0.05, 0) is 25.7 Å². The summed E-state index contributed by atoms with van der Waals surface area (Å²) >= 11 is 0. The summed E-state index contributed by atoms with van der Waals surface area (Å²) in [6, 6.07) is 0. The Morgan fingerprint density at radius 3 is 0.900 bits per heavy atom. The molecule has 0 aliphatic carbocycles. The van der Waals surface area contributed by atoms with E-state index in [4.69, 9.17) is 19.7 Å². The molecule has 0 aromatic heterocycles. The van der Waals surface area contributed by atoms with Crippen molar-refractivity contribution in [1.82, 2.24) is 0 Å². The van der Waals surface area contributed by atoms with E-state index in [2.05, 4.69) is 13.8 Å². The molecule has 0 spiro atoms. The molecule has 0 amide bonds. The van der Waals surface area contributed by atoms with Crippen LogP contribution in [0.1, 0.15) is 181 Å². The summed E-state index contributed by atoms with van der Waals surface area (Å²) in [6.45, 7) is 5.14. The molecule has 40 heavy (non-hydrogen) atoms. The zero-order valence-corrected chi connectivity index (χ0v) is 26.7. The monoisotopic (exact) mass is 573 g/mol. The van der Waals surface area contributed by atoms with Crippen molar-refractivity contribution in [2.24, 2.45) is 0 Å². The lowest BCUT2D eigenvalue weighted by Crippen LogP contribution is -2.08. The van der Waals surface area contributed by atoms with E-state index in [1.165, 1.54) is 116 Å². The van der Waals surface area contributed by atoms with E-state index in [-0.39, 0.29) is 25.2 Å². The van der Waals surface area contributed by atoms with E-state index >= 15 is 0 Å². The van der Waals surface area contributed by atoms with Crippen LogP contribution in [0.2, 0.25) is 0 Å². The van der Waals surface area contributed by atoms with E-state index in [1.807, 2.05) is 0 Å². The highest BCUT2D eigenvalue weighted by Gasteiger charge is 2.05. The number of unbranched alkanes of at least 4 members (excludes halogenated alkanes) is 21. The number of carbonyl (C=O) groups excluding carboxylic acids is 2. The van der Waals surface area contributed by atoms with Gasteiger partial charge in [0.1, 0.15) is 0 Å². The quantitative estimate of drug-likeness (QED) is 0.0658. The maximum atomic E-state index is 11.8. The second-order valence-corrected chi connectivity index (χ2v) is 11.2. The Morgan fingerprint density at radius 2 is 0.650 bits per heavy atom. The molecule has 2 N–H and O–H groups in total. The Balaban J connectivity index is 0. The number of hydrogen-bond acceptors (Lipinski definition) is 6. The van der Waals surface area contributed by atoms with E-state index in [0.29, 0.717) is 26.1 Å². The van der Waals surface area contributed by atoms with Crippen LogP contribution in [0.25, 0.3) is 0 Å². The fourth-order valence-electron chi connectivity index (χ4n) is 4.59. The SMILES string of the molecule is CCCCCCCCCCCCCC(=O)OCCCCOC(=O)CCCCCCCCCCCCC.OCCO. The Hall–Kier alpha value is -1.14. The molecule has 0 atom stereocenters. The van der Waals surface area contributed by atoms with Crippen LogP contribution in [0.15, 0.2) is 0 Å². The Bertz CT molecular complexity index is 453. The number of rotatable bonds is 30. The lowest BCUT2D eigenvalue weighted by molar-refractivity contribution is -0.146. The number of aliphatic hydroxyl groups is 2. The van der Waals surface area contributed by atoms with Crippen molar-refractivity contribution < 1.29 is 29.3 Å². The molecule has 240 valence electrons. The Labute approximate surface area is 248 Å². The van der Waals surface area contributed by atoms with Gasteiger partial charge in [-0.25, -0.2) is 0 Å². The van der Waals surface area contributed by atoms with Gasteiger partial charge in [-0.15, -0.1) is 0 Å². The van der Waals surface area contributed by atoms with Crippen molar-refractivity contribution in [1.29, 1.82) is 0 Å². The molecule has 0 unspecified atom stereocenters. The first-order valence-electron chi connectivity index (χ1n) is 17.1. The third-order valence-corrected chi connectivity index (χ3v) is 7.13. The van der Waals surface area contributed by atoms with Gasteiger partial charge in [-0.2, -0.15) is 0 Å². The molecular weight excluding hydrogens is 504 g/mol. The van der Waals surface area contributed by atoms with Crippen LogP contribution in [0.5, 0.6) is 0 Å². The number of aliphatic hydroxyl groups excluding tert-OH is 2. The number of ether oxygens (including phenoxy) is 2. The van der Waals surface area contributed by atoms with Crippen molar-refractivity contribution in [3.8, 4) is 0 Å². The van der Waals surface area contributed by atoms with Crippen LogP contribution >= 0.6 is 0 Å². The Morgan fingerprint density at radius 1 is 0.400 bits per heavy atom. The van der Waals surface area contributed by atoms with Crippen molar-refractivity contribution in [3.05, 3.63) is 0 Å². The first-order valence-corrected chi connectivity index (χ1v) is 17.1. The van der Waals surface area contributed by atoms with Crippen molar-refractivity contribution >= 4 is 11.9 Å². The van der Waals surface area contributed by atoms with E-state index in [9.17, 15) is 9.59 Å². The molecule has 0 bridgehead atoms. The maximum absolute atomic E-state index is 11.8. The fourth-order valence-corrected chi connectivity index (χ4v) is 4.59. The molecule has 0 rings (SSSR count). The first kappa shape index (κ1) is 41.0. The summed E-state index contributed by atoms with van der Waals surface area (Å²) in [6.07, 6.45) is 30.9. The molecule has 6 nitrogen and oxygen atoms in total. The summed E-state index contributed by atoms with van der Waals surface area (Å²) in [4.78, 5) is 23.6. The van der Waals surface area contributed by atoms with Crippen LogP contribution in [0, 0.1) is 0 Å². The van der Waals surface area contributed by atoms with Crippen LogP contribution in [-0.2, 0) is 19.1 Å². The maximum Gasteiger partial charge on any atom is 0.305 e. The summed E-state index contributed by atoms with van der Waals surface area (Å²) in [5.74, 6) is -0.168.